The Hall–Kier alpha value is -7.19. The average molecular weight is 1020 g/mol. The number of phenolic OH excluding ortho intramolecular Hbond substituents is 3. The first kappa shape index (κ1) is 50.3. The van der Waals surface area contributed by atoms with Gasteiger partial charge in [-0.3, -0.25) is 4.79 Å². The average Bonchev–Trinajstić information content (AvgIpc) is 3.77. The molecule has 74 heavy (non-hydrogen) atoms. The van der Waals surface area contributed by atoms with E-state index in [1.807, 2.05) is 13.8 Å². The first-order chi connectivity index (χ1) is 35.2. The van der Waals surface area contributed by atoms with Crippen molar-refractivity contribution in [3.8, 4) is 58.0 Å². The second-order valence-electron chi connectivity index (χ2n) is 19.0. The van der Waals surface area contributed by atoms with Crippen LogP contribution in [0.5, 0.6) is 23.0 Å². The van der Waals surface area contributed by atoms with Crippen molar-refractivity contribution in [2.45, 2.75) is 124 Å². The van der Waals surface area contributed by atoms with Gasteiger partial charge in [0.15, 0.2) is 23.0 Å². The van der Waals surface area contributed by atoms with E-state index in [2.05, 4.69) is 34.0 Å². The number of carbonyl (C=O) groups is 2. The molecule has 1 aliphatic carbocycles. The molecule has 22 nitrogen and oxygen atoms in total. The smallest absolute Gasteiger partial charge is 0.351 e. The van der Waals surface area contributed by atoms with E-state index in [9.17, 15) is 65.8 Å². The molecule has 2 saturated heterocycles. The van der Waals surface area contributed by atoms with Gasteiger partial charge >= 0.3 is 11.9 Å². The standard InChI is InChI=1S/C52H51N3O19/c1-3-22-16-27(29(4-2)55-45(22)53)28-18-26-19-30-23(8-13-54-30)7-5-11-50(69)43(64)44(65)52(26,74-51(50)12-6-10-49(47(66)67)42(63)40(61)41(62)46(73-49)71-48(51)68)72-35-21-34-37(39(60)36(28)35)31(57)20-33(70-34)25-15-24(9-14-56)38(59)32(58)17-25/h8,13,15-18,20-21,28,40-46,54-56,58-65,69H,3-4,9,11-12,14,19,53H2,1-2H3,(H,66,67). The molecule has 15 N–H and O–H groups in total. The summed E-state index contributed by atoms with van der Waals surface area (Å²) in [5.74, 6) is 0.0270. The number of benzene rings is 2. The van der Waals surface area contributed by atoms with Gasteiger partial charge in [-0.15, -0.1) is 0 Å². The number of nitrogens with two attached hydrogens (primary N) is 1. The molecule has 2 aromatic heterocycles. The van der Waals surface area contributed by atoms with Gasteiger partial charge in [0, 0.05) is 82.9 Å². The highest BCUT2D eigenvalue weighted by molar-refractivity contribution is 5.90. The molecule has 0 radical (unpaired) electrons. The number of H-pyrrole nitrogens is 1. The van der Waals surface area contributed by atoms with Crippen LogP contribution in [-0.4, -0.2) is 145 Å². The number of carboxylic acid groups (broad SMARTS) is 1. The van der Waals surface area contributed by atoms with E-state index < -0.39 is 131 Å². The quantitative estimate of drug-likeness (QED) is 0.0496. The fourth-order valence-electron chi connectivity index (χ4n) is 10.8. The Labute approximate surface area is 419 Å². The Kier molecular flexibility index (Phi) is 12.3. The van der Waals surface area contributed by atoms with Gasteiger partial charge in [0.25, 0.3) is 11.4 Å². The number of phenols is 3. The number of hydrogen-bond acceptors (Lipinski definition) is 20. The van der Waals surface area contributed by atoms with Crippen molar-refractivity contribution in [1.29, 1.82) is 0 Å². The molecule has 2 fully saturated rings. The minimum Gasteiger partial charge on any atom is -0.507 e. The van der Waals surface area contributed by atoms with Crippen LogP contribution < -0.4 is 21.2 Å². The Morgan fingerprint density at radius 2 is 1.72 bits per heavy atom. The molecular formula is C52H51N3O19. The normalized spacial score (nSPS) is 33.1. The van der Waals surface area contributed by atoms with E-state index in [-0.39, 0.29) is 51.8 Å². The number of aromatic hydroxyl groups is 3. The van der Waals surface area contributed by atoms with Gasteiger partial charge in [0.05, 0.1) is 12.6 Å². The number of hydrogen-bond donors (Lipinski definition) is 14. The highest BCUT2D eigenvalue weighted by Gasteiger charge is 2.75. The van der Waals surface area contributed by atoms with Crippen molar-refractivity contribution in [2.24, 2.45) is 5.73 Å². The molecule has 7 aliphatic rings. The maximum atomic E-state index is 15.3. The number of esters is 1. The highest BCUT2D eigenvalue weighted by atomic mass is 16.8. The third kappa shape index (κ3) is 7.32. The van der Waals surface area contributed by atoms with E-state index in [1.165, 1.54) is 18.2 Å². The van der Waals surface area contributed by atoms with Gasteiger partial charge < -0.3 is 95.6 Å². The van der Waals surface area contributed by atoms with Crippen LogP contribution in [0.2, 0.25) is 0 Å². The molecule has 0 amide bonds. The Bertz CT molecular complexity index is 3340. The summed E-state index contributed by atoms with van der Waals surface area (Å²) in [6, 6.07) is 6.29. The molecule has 2 aromatic carbocycles. The maximum absolute atomic E-state index is 15.3. The lowest BCUT2D eigenvalue weighted by Gasteiger charge is -2.57. The van der Waals surface area contributed by atoms with Crippen molar-refractivity contribution in [3.05, 3.63) is 104 Å². The van der Waals surface area contributed by atoms with Gasteiger partial charge in [-0.1, -0.05) is 49.7 Å². The number of aliphatic hydroxyl groups excluding tert-OH is 6. The Morgan fingerprint density at radius 1 is 0.946 bits per heavy atom. The largest absolute Gasteiger partial charge is 0.507 e. The van der Waals surface area contributed by atoms with Crippen LogP contribution >= 0.6 is 0 Å². The summed E-state index contributed by atoms with van der Waals surface area (Å²) in [5.41, 5.74) is -1.61. The number of rotatable bonds is 7. The summed E-state index contributed by atoms with van der Waals surface area (Å²) < 4.78 is 31.2. The van der Waals surface area contributed by atoms with Crippen LogP contribution in [-0.2, 0) is 36.6 Å². The second kappa shape index (κ2) is 18.0. The minimum atomic E-state index is -3.16. The number of carbonyl (C=O) groups excluding carboxylic acids is 1. The number of aromatic nitrogens is 1. The number of aliphatic hydroxyl groups is 7. The molecule has 8 heterocycles. The van der Waals surface area contributed by atoms with Crippen molar-refractivity contribution < 1.29 is 89.1 Å². The minimum absolute atomic E-state index is 0.0593. The number of nitrogens with one attached hydrogen (secondary N) is 2. The lowest BCUT2D eigenvalue weighted by molar-refractivity contribution is -0.378. The molecule has 2 spiro atoms. The third-order valence-corrected chi connectivity index (χ3v) is 14.9. The number of ether oxygens (including phenoxy) is 4. The van der Waals surface area contributed by atoms with Crippen molar-refractivity contribution in [1.82, 2.24) is 10.3 Å². The fraction of sp³-hybridized carbons (Fsp3) is 0.404. The molecule has 11 rings (SSSR count). The van der Waals surface area contributed by atoms with Crippen LogP contribution in [0.4, 0.5) is 0 Å². The predicted molar refractivity (Wildman–Crippen MR) is 253 cm³/mol. The summed E-state index contributed by atoms with van der Waals surface area (Å²) in [5, 5.41) is 129. The molecule has 0 saturated carbocycles. The molecule has 4 aromatic rings. The van der Waals surface area contributed by atoms with E-state index in [4.69, 9.17) is 29.1 Å². The lowest BCUT2D eigenvalue weighted by Crippen LogP contribution is -2.80. The van der Waals surface area contributed by atoms with Crippen molar-refractivity contribution >= 4 is 22.9 Å². The van der Waals surface area contributed by atoms with Gasteiger partial charge in [0.1, 0.15) is 58.2 Å². The van der Waals surface area contributed by atoms with Gasteiger partial charge in [-0.2, -0.15) is 0 Å². The summed E-state index contributed by atoms with van der Waals surface area (Å²) in [7, 11) is 0. The van der Waals surface area contributed by atoms with Gasteiger partial charge in [-0.25, -0.2) is 9.59 Å². The third-order valence-electron chi connectivity index (χ3n) is 14.9. The van der Waals surface area contributed by atoms with Crippen LogP contribution in [0.15, 0.2) is 80.3 Å². The lowest BCUT2D eigenvalue weighted by atomic mass is 9.67. The summed E-state index contributed by atoms with van der Waals surface area (Å²) >= 11 is 0. The fourth-order valence-corrected chi connectivity index (χ4v) is 10.8. The first-order valence-corrected chi connectivity index (χ1v) is 23.6. The van der Waals surface area contributed by atoms with E-state index in [0.29, 0.717) is 40.9 Å². The summed E-state index contributed by atoms with van der Waals surface area (Å²) in [4.78, 5) is 45.7. The molecule has 12 unspecified atom stereocenters. The zero-order valence-electron chi connectivity index (χ0n) is 39.5. The highest BCUT2D eigenvalue weighted by Crippen LogP contribution is 2.57. The molecule has 6 aliphatic heterocycles. The van der Waals surface area contributed by atoms with E-state index >= 15 is 4.79 Å². The zero-order valence-corrected chi connectivity index (χ0v) is 39.5. The van der Waals surface area contributed by atoms with Crippen LogP contribution in [0.25, 0.3) is 22.3 Å². The predicted octanol–water partition coefficient (Wildman–Crippen LogP) is -0.141. The molecule has 22 heteroatoms. The maximum Gasteiger partial charge on any atom is 0.351 e. The number of dihydropyridines is 1. The second-order valence-corrected chi connectivity index (χ2v) is 19.0. The zero-order chi connectivity index (χ0) is 53.0. The number of allylic oxidation sites excluding steroid dienone is 4. The van der Waals surface area contributed by atoms with Crippen LogP contribution in [0.1, 0.15) is 67.8 Å². The van der Waals surface area contributed by atoms with Crippen LogP contribution in [0.3, 0.4) is 0 Å². The number of aromatic amines is 1. The van der Waals surface area contributed by atoms with Gasteiger partial charge in [0.2, 0.25) is 11.9 Å². The summed E-state index contributed by atoms with van der Waals surface area (Å²) in [6.07, 6.45) is -12.1. The molecule has 4 bridgehead atoms. The van der Waals surface area contributed by atoms with Crippen molar-refractivity contribution in [2.75, 3.05) is 6.61 Å². The Morgan fingerprint density at radius 3 is 2.43 bits per heavy atom. The number of aliphatic carboxylic acids is 1. The molecule has 12 atom stereocenters. The van der Waals surface area contributed by atoms with Crippen LogP contribution in [0, 0.1) is 23.7 Å². The monoisotopic (exact) mass is 1020 g/mol. The number of carboxylic acids is 1. The SMILES string of the molecule is CCC1=CC(C2C=C3Cc4[nH]ccc4C#CCC4(O)C(O)C(O)C3(Oc3cc5oc(-c6cc(O)c(O)c(CCO)c6)cc(=O)c5c(O)c32)OC42CC#CC3(C(=O)O)OC(OC2=O)C(O)C(O)C3O)=C(CC)NC1N. The molecule has 388 valence electrons. The molecular weight excluding hydrogens is 971 g/mol. The van der Waals surface area contributed by atoms with Gasteiger partial charge in [-0.05, 0) is 48.6 Å². The Balaban J connectivity index is 1.29. The first-order valence-electron chi connectivity index (χ1n) is 23.6. The number of fused-ring (bicyclic) bond motifs is 6. The topological polar surface area (TPSA) is 378 Å². The van der Waals surface area contributed by atoms with E-state index in [1.54, 1.807) is 18.3 Å². The van der Waals surface area contributed by atoms with E-state index in [0.717, 1.165) is 12.1 Å². The summed E-state index contributed by atoms with van der Waals surface area (Å²) in [6.45, 7) is 3.29. The van der Waals surface area contributed by atoms with Crippen molar-refractivity contribution in [3.63, 3.8) is 0 Å².